The van der Waals surface area contributed by atoms with Crippen molar-refractivity contribution in [3.63, 3.8) is 0 Å². The first kappa shape index (κ1) is 17.2. The average molecular weight is 319 g/mol. The number of benzene rings is 1. The van der Waals surface area contributed by atoms with Crippen LogP contribution in [0.2, 0.25) is 0 Å². The second-order valence-corrected chi connectivity index (χ2v) is 5.46. The van der Waals surface area contributed by atoms with Gasteiger partial charge in [-0.25, -0.2) is 0 Å². The molecule has 126 valence electrons. The second-order valence-electron chi connectivity index (χ2n) is 5.46. The number of carboxylic acid groups (broad SMARTS) is 1. The number of rotatable bonds is 9. The molecule has 1 N–H and O–H groups in total. The zero-order valence-electron chi connectivity index (χ0n) is 14.1. The summed E-state index contributed by atoms with van der Waals surface area (Å²) in [6.07, 6.45) is 5.05. The van der Waals surface area contributed by atoms with Crippen LogP contribution in [-0.4, -0.2) is 28.9 Å². The summed E-state index contributed by atoms with van der Waals surface area (Å²) in [6.45, 7) is 7.05. The number of hydrogen-bond donors (Lipinski definition) is 1. The van der Waals surface area contributed by atoms with E-state index in [4.69, 9.17) is 14.6 Å². The van der Waals surface area contributed by atoms with E-state index < -0.39 is 5.97 Å². The number of aliphatic carboxylic acids is 1. The Morgan fingerprint density at radius 3 is 2.35 bits per heavy atom. The lowest BCUT2D eigenvalue weighted by atomic mass is 10.1. The molecule has 0 amide bonds. The van der Waals surface area contributed by atoms with Gasteiger partial charge in [0, 0.05) is 17.6 Å². The van der Waals surface area contributed by atoms with Crippen LogP contribution in [0.1, 0.15) is 39.2 Å². The minimum absolute atomic E-state index is 0.0534. The van der Waals surface area contributed by atoms with E-state index in [1.54, 1.807) is 4.57 Å². The van der Waals surface area contributed by atoms with Crippen LogP contribution in [0.4, 0.5) is 0 Å². The molecule has 2 aromatic rings. The number of aromatic nitrogens is 1. The van der Waals surface area contributed by atoms with Crippen molar-refractivity contribution in [3.05, 3.63) is 23.9 Å². The Labute approximate surface area is 136 Å². The molecule has 0 saturated carbocycles. The Balaban J connectivity index is 2.57. The fourth-order valence-corrected chi connectivity index (χ4v) is 2.75. The first-order chi connectivity index (χ1) is 11.1. The van der Waals surface area contributed by atoms with Gasteiger partial charge in [0.15, 0.2) is 11.5 Å². The van der Waals surface area contributed by atoms with Crippen LogP contribution in [0.5, 0.6) is 11.5 Å². The van der Waals surface area contributed by atoms with Gasteiger partial charge in [0.2, 0.25) is 0 Å². The molecule has 0 fully saturated rings. The molecule has 1 aromatic heterocycles. The highest BCUT2D eigenvalue weighted by Crippen LogP contribution is 2.35. The maximum absolute atomic E-state index is 11.1. The number of carbonyl (C=O) groups is 1. The van der Waals surface area contributed by atoms with Crippen molar-refractivity contribution in [1.82, 2.24) is 4.57 Å². The Kier molecular flexibility index (Phi) is 5.90. The Bertz CT molecular complexity index is 675. The average Bonchev–Trinajstić information content (AvgIpc) is 2.82. The van der Waals surface area contributed by atoms with Gasteiger partial charge >= 0.3 is 5.97 Å². The maximum atomic E-state index is 11.1. The minimum Gasteiger partial charge on any atom is -0.490 e. The van der Waals surface area contributed by atoms with Gasteiger partial charge in [-0.2, -0.15) is 0 Å². The van der Waals surface area contributed by atoms with Crippen molar-refractivity contribution in [1.29, 1.82) is 0 Å². The van der Waals surface area contributed by atoms with E-state index in [9.17, 15) is 4.79 Å². The first-order valence-electron chi connectivity index (χ1n) is 8.23. The van der Waals surface area contributed by atoms with Crippen LogP contribution in [0, 0.1) is 0 Å². The van der Waals surface area contributed by atoms with Crippen molar-refractivity contribution < 1.29 is 19.4 Å². The van der Waals surface area contributed by atoms with Gasteiger partial charge in [-0.3, -0.25) is 4.79 Å². The summed E-state index contributed by atoms with van der Waals surface area (Å²) in [5.74, 6) is 0.525. The topological polar surface area (TPSA) is 60.7 Å². The van der Waals surface area contributed by atoms with Gasteiger partial charge < -0.3 is 19.1 Å². The van der Waals surface area contributed by atoms with Crippen LogP contribution in [-0.2, 0) is 17.8 Å². The first-order valence-corrected chi connectivity index (χ1v) is 8.23. The van der Waals surface area contributed by atoms with Gasteiger partial charge in [0.25, 0.3) is 0 Å². The lowest BCUT2D eigenvalue weighted by Crippen LogP contribution is -2.07. The number of aryl methyl sites for hydroxylation is 1. The van der Waals surface area contributed by atoms with Crippen molar-refractivity contribution in [2.45, 2.75) is 46.6 Å². The number of nitrogens with zero attached hydrogens (tertiary/aromatic N) is 1. The van der Waals surface area contributed by atoms with Crippen molar-refractivity contribution >= 4 is 16.9 Å². The van der Waals surface area contributed by atoms with Gasteiger partial charge in [-0.1, -0.05) is 13.3 Å². The number of carboxylic acids is 1. The van der Waals surface area contributed by atoms with Gasteiger partial charge in [0.1, 0.15) is 6.54 Å². The molecule has 5 nitrogen and oxygen atoms in total. The molecule has 23 heavy (non-hydrogen) atoms. The molecule has 0 atom stereocenters. The highest BCUT2D eigenvalue weighted by atomic mass is 16.5. The van der Waals surface area contributed by atoms with Crippen LogP contribution in [0.25, 0.3) is 10.9 Å². The largest absolute Gasteiger partial charge is 0.490 e. The number of fused-ring (bicyclic) bond motifs is 1. The standard InChI is InChI=1S/C18H25NO4/c1-4-7-8-13-11-19(12-18(20)21)15-10-17(23-6-3)16(22-5-2)9-14(13)15/h9-11H,4-8,12H2,1-3H3,(H,20,21). The molecule has 2 rings (SSSR count). The maximum Gasteiger partial charge on any atom is 0.323 e. The monoisotopic (exact) mass is 319 g/mol. The summed E-state index contributed by atoms with van der Waals surface area (Å²) in [7, 11) is 0. The summed E-state index contributed by atoms with van der Waals surface area (Å²) < 4.78 is 13.1. The van der Waals surface area contributed by atoms with E-state index in [0.29, 0.717) is 24.7 Å². The zero-order valence-corrected chi connectivity index (χ0v) is 14.1. The molecule has 0 aliphatic carbocycles. The lowest BCUT2D eigenvalue weighted by molar-refractivity contribution is -0.137. The molecule has 0 saturated heterocycles. The predicted octanol–water partition coefficient (Wildman–Crippen LogP) is 3.87. The van der Waals surface area contributed by atoms with E-state index >= 15 is 0 Å². The summed E-state index contributed by atoms with van der Waals surface area (Å²) >= 11 is 0. The summed E-state index contributed by atoms with van der Waals surface area (Å²) in [5, 5.41) is 10.2. The highest BCUT2D eigenvalue weighted by Gasteiger charge is 2.15. The number of hydrogen-bond acceptors (Lipinski definition) is 3. The third-order valence-corrected chi connectivity index (χ3v) is 3.73. The van der Waals surface area contributed by atoms with Crippen LogP contribution in [0.3, 0.4) is 0 Å². The summed E-state index contributed by atoms with van der Waals surface area (Å²) in [4.78, 5) is 11.1. The molecule has 0 radical (unpaired) electrons. The molecular formula is C18H25NO4. The predicted molar refractivity (Wildman–Crippen MR) is 90.5 cm³/mol. The fourth-order valence-electron chi connectivity index (χ4n) is 2.75. The van der Waals surface area contributed by atoms with E-state index in [-0.39, 0.29) is 6.54 Å². The van der Waals surface area contributed by atoms with Crippen LogP contribution >= 0.6 is 0 Å². The Hall–Kier alpha value is -2.17. The zero-order chi connectivity index (χ0) is 16.8. The minimum atomic E-state index is -0.851. The van der Waals surface area contributed by atoms with E-state index in [0.717, 1.165) is 35.7 Å². The molecule has 0 aliphatic rings. The quantitative estimate of drug-likeness (QED) is 0.762. The van der Waals surface area contributed by atoms with E-state index in [1.165, 1.54) is 0 Å². The third-order valence-electron chi connectivity index (χ3n) is 3.73. The normalized spacial score (nSPS) is 10.9. The van der Waals surface area contributed by atoms with Crippen LogP contribution < -0.4 is 9.47 Å². The molecule has 0 bridgehead atoms. The summed E-state index contributed by atoms with van der Waals surface area (Å²) in [5.41, 5.74) is 2.04. The number of ether oxygens (including phenoxy) is 2. The van der Waals surface area contributed by atoms with Crippen molar-refractivity contribution in [3.8, 4) is 11.5 Å². The lowest BCUT2D eigenvalue weighted by Gasteiger charge is -2.12. The molecule has 0 unspecified atom stereocenters. The molecule has 5 heteroatoms. The van der Waals surface area contributed by atoms with Gasteiger partial charge in [-0.15, -0.1) is 0 Å². The third kappa shape index (κ3) is 3.97. The van der Waals surface area contributed by atoms with E-state index in [1.807, 2.05) is 32.2 Å². The highest BCUT2D eigenvalue weighted by molar-refractivity contribution is 5.88. The Morgan fingerprint density at radius 1 is 1.13 bits per heavy atom. The Morgan fingerprint density at radius 2 is 1.78 bits per heavy atom. The van der Waals surface area contributed by atoms with Crippen molar-refractivity contribution in [2.75, 3.05) is 13.2 Å². The molecule has 0 spiro atoms. The molecule has 1 heterocycles. The van der Waals surface area contributed by atoms with E-state index in [2.05, 4.69) is 6.92 Å². The molecule has 1 aromatic carbocycles. The van der Waals surface area contributed by atoms with Crippen LogP contribution in [0.15, 0.2) is 18.3 Å². The second kappa shape index (κ2) is 7.90. The molecular weight excluding hydrogens is 294 g/mol. The summed E-state index contributed by atoms with van der Waals surface area (Å²) in [6, 6.07) is 3.87. The smallest absolute Gasteiger partial charge is 0.323 e. The number of unbranched alkanes of at least 4 members (excludes halogenated alkanes) is 1. The van der Waals surface area contributed by atoms with Crippen molar-refractivity contribution in [2.24, 2.45) is 0 Å². The van der Waals surface area contributed by atoms with Gasteiger partial charge in [-0.05, 0) is 38.3 Å². The SMILES string of the molecule is CCCCc1cn(CC(=O)O)c2cc(OCC)c(OCC)cc12. The molecule has 0 aliphatic heterocycles. The fraction of sp³-hybridized carbons (Fsp3) is 0.500. The van der Waals surface area contributed by atoms with Gasteiger partial charge in [0.05, 0.1) is 18.7 Å².